The lowest BCUT2D eigenvalue weighted by Crippen LogP contribution is -2.17. The molecule has 0 bridgehead atoms. The fourth-order valence-electron chi connectivity index (χ4n) is 1.50. The van der Waals surface area contributed by atoms with Crippen molar-refractivity contribution in [3.05, 3.63) is 34.9 Å². The van der Waals surface area contributed by atoms with Crippen molar-refractivity contribution in [3.8, 4) is 0 Å². The minimum absolute atomic E-state index is 0.0369. The van der Waals surface area contributed by atoms with Crippen molar-refractivity contribution in [2.24, 2.45) is 5.73 Å². The molecule has 108 valence electrons. The van der Waals surface area contributed by atoms with Crippen LogP contribution in [0.3, 0.4) is 0 Å². The summed E-state index contributed by atoms with van der Waals surface area (Å²) in [6.07, 6.45) is -9.91. The van der Waals surface area contributed by atoms with E-state index in [1.807, 2.05) is 0 Å². The molecule has 1 rings (SSSR count). The Bertz CT molecular complexity index is 408. The number of aliphatic hydroxyl groups is 1. The molecule has 8 heteroatoms. The molecule has 0 radical (unpaired) electrons. The van der Waals surface area contributed by atoms with Crippen LogP contribution >= 0.6 is 0 Å². The van der Waals surface area contributed by atoms with Gasteiger partial charge in [0, 0.05) is 12.6 Å². The van der Waals surface area contributed by atoms with Crippen LogP contribution in [-0.2, 0) is 12.4 Å². The standard InChI is InChI=1S/C11H11F6NO/c12-10(13,14)7-3-6(9(18)1-2-19)4-8(5-7)11(15,16)17/h3-5,9,19H,1-2,18H2/t9-/m1/s1. The lowest BCUT2D eigenvalue weighted by molar-refractivity contribution is -0.143. The zero-order valence-electron chi connectivity index (χ0n) is 9.52. The van der Waals surface area contributed by atoms with Gasteiger partial charge in [-0.1, -0.05) is 0 Å². The first-order valence-electron chi connectivity index (χ1n) is 5.21. The SMILES string of the molecule is N[C@H](CCO)c1cc(C(F)(F)F)cc(C(F)(F)F)c1. The lowest BCUT2D eigenvalue weighted by Gasteiger charge is -2.17. The molecule has 19 heavy (non-hydrogen) atoms. The fourth-order valence-corrected chi connectivity index (χ4v) is 1.50. The molecule has 0 aliphatic heterocycles. The van der Waals surface area contributed by atoms with Gasteiger partial charge in [0.15, 0.2) is 0 Å². The van der Waals surface area contributed by atoms with Crippen LogP contribution in [-0.4, -0.2) is 11.7 Å². The maximum Gasteiger partial charge on any atom is 0.416 e. The Labute approximate surface area is 104 Å². The molecule has 0 aromatic heterocycles. The molecule has 1 atom stereocenters. The summed E-state index contributed by atoms with van der Waals surface area (Å²) in [5.41, 5.74) is 2.30. The predicted octanol–water partition coefficient (Wildman–Crippen LogP) is 3.11. The highest BCUT2D eigenvalue weighted by Gasteiger charge is 2.37. The molecule has 0 unspecified atom stereocenters. The van der Waals surface area contributed by atoms with E-state index in [0.29, 0.717) is 12.1 Å². The lowest BCUT2D eigenvalue weighted by atomic mass is 9.98. The minimum atomic E-state index is -4.89. The molecule has 1 aromatic rings. The van der Waals surface area contributed by atoms with Crippen molar-refractivity contribution in [1.82, 2.24) is 0 Å². The second-order valence-electron chi connectivity index (χ2n) is 3.96. The highest BCUT2D eigenvalue weighted by molar-refractivity contribution is 5.35. The summed E-state index contributed by atoms with van der Waals surface area (Å²) in [6.45, 7) is -0.432. The molecular formula is C11H11F6NO. The first-order chi connectivity index (χ1) is 8.55. The molecule has 1 aromatic carbocycles. The molecule has 0 amide bonds. The Balaban J connectivity index is 3.33. The third-order valence-electron chi connectivity index (χ3n) is 2.48. The maximum atomic E-state index is 12.5. The van der Waals surface area contributed by atoms with Gasteiger partial charge >= 0.3 is 12.4 Å². The average Bonchev–Trinajstić information content (AvgIpc) is 2.26. The number of alkyl halides is 6. The minimum Gasteiger partial charge on any atom is -0.396 e. The van der Waals surface area contributed by atoms with E-state index in [1.54, 1.807) is 0 Å². The molecule has 3 N–H and O–H groups in total. The number of nitrogens with two attached hydrogens (primary N) is 1. The van der Waals surface area contributed by atoms with Crippen LogP contribution in [0.15, 0.2) is 18.2 Å². The topological polar surface area (TPSA) is 46.2 Å². The van der Waals surface area contributed by atoms with Crippen LogP contribution in [0.1, 0.15) is 29.2 Å². The van der Waals surface area contributed by atoms with E-state index in [9.17, 15) is 26.3 Å². The van der Waals surface area contributed by atoms with Gasteiger partial charge in [-0.3, -0.25) is 0 Å². The summed E-state index contributed by atoms with van der Waals surface area (Å²) in [5.74, 6) is 0. The zero-order chi connectivity index (χ0) is 14.8. The first-order valence-corrected chi connectivity index (χ1v) is 5.21. The summed E-state index contributed by atoms with van der Waals surface area (Å²) < 4.78 is 75.2. The molecule has 0 fully saturated rings. The maximum absolute atomic E-state index is 12.5. The third-order valence-corrected chi connectivity index (χ3v) is 2.48. The van der Waals surface area contributed by atoms with Gasteiger partial charge in [-0.15, -0.1) is 0 Å². The number of halogens is 6. The summed E-state index contributed by atoms with van der Waals surface area (Å²) >= 11 is 0. The Morgan fingerprint density at radius 2 is 1.37 bits per heavy atom. The highest BCUT2D eigenvalue weighted by Crippen LogP contribution is 2.37. The molecule has 0 aliphatic rings. The molecule has 0 saturated heterocycles. The second kappa shape index (κ2) is 5.38. The Hall–Kier alpha value is -1.28. The van der Waals surface area contributed by atoms with Crippen molar-refractivity contribution in [3.63, 3.8) is 0 Å². The van der Waals surface area contributed by atoms with E-state index in [4.69, 9.17) is 10.8 Å². The monoisotopic (exact) mass is 287 g/mol. The fraction of sp³-hybridized carbons (Fsp3) is 0.455. The van der Waals surface area contributed by atoms with Crippen molar-refractivity contribution < 1.29 is 31.4 Å². The average molecular weight is 287 g/mol. The molecular weight excluding hydrogens is 276 g/mol. The molecule has 0 spiro atoms. The van der Waals surface area contributed by atoms with Crippen LogP contribution in [0.25, 0.3) is 0 Å². The number of rotatable bonds is 3. The van der Waals surface area contributed by atoms with Crippen molar-refractivity contribution in [2.75, 3.05) is 6.61 Å². The summed E-state index contributed by atoms with van der Waals surface area (Å²) in [4.78, 5) is 0. The van der Waals surface area contributed by atoms with Crippen LogP contribution in [0.5, 0.6) is 0 Å². The van der Waals surface area contributed by atoms with Gasteiger partial charge in [-0.2, -0.15) is 26.3 Å². The molecule has 0 saturated carbocycles. The largest absolute Gasteiger partial charge is 0.416 e. The smallest absolute Gasteiger partial charge is 0.396 e. The number of hydrogen-bond donors (Lipinski definition) is 2. The Morgan fingerprint density at radius 3 is 1.68 bits per heavy atom. The quantitative estimate of drug-likeness (QED) is 0.839. The summed E-state index contributed by atoms with van der Waals surface area (Å²) in [7, 11) is 0. The van der Waals surface area contributed by atoms with E-state index in [0.717, 1.165) is 0 Å². The van der Waals surface area contributed by atoms with Crippen molar-refractivity contribution in [2.45, 2.75) is 24.8 Å². The van der Waals surface area contributed by atoms with E-state index < -0.39 is 36.1 Å². The molecule has 2 nitrogen and oxygen atoms in total. The van der Waals surface area contributed by atoms with Crippen LogP contribution in [0, 0.1) is 0 Å². The predicted molar refractivity (Wildman–Crippen MR) is 55.1 cm³/mol. The third kappa shape index (κ3) is 4.10. The second-order valence-corrected chi connectivity index (χ2v) is 3.96. The van der Waals surface area contributed by atoms with Crippen molar-refractivity contribution >= 4 is 0 Å². The number of aliphatic hydroxyl groups excluding tert-OH is 1. The van der Waals surface area contributed by atoms with E-state index in [-0.39, 0.29) is 18.1 Å². The number of hydrogen-bond acceptors (Lipinski definition) is 2. The van der Waals surface area contributed by atoms with Crippen molar-refractivity contribution in [1.29, 1.82) is 0 Å². The van der Waals surface area contributed by atoms with E-state index in [1.165, 1.54) is 0 Å². The summed E-state index contributed by atoms with van der Waals surface area (Å²) in [6, 6.07) is 0.0775. The van der Waals surface area contributed by atoms with Gasteiger partial charge in [0.1, 0.15) is 0 Å². The van der Waals surface area contributed by atoms with E-state index >= 15 is 0 Å². The summed E-state index contributed by atoms with van der Waals surface area (Å²) in [5, 5.41) is 8.63. The zero-order valence-corrected chi connectivity index (χ0v) is 9.52. The highest BCUT2D eigenvalue weighted by atomic mass is 19.4. The Kier molecular flexibility index (Phi) is 4.46. The van der Waals surface area contributed by atoms with E-state index in [2.05, 4.69) is 0 Å². The van der Waals surface area contributed by atoms with Gasteiger partial charge in [-0.05, 0) is 30.2 Å². The van der Waals surface area contributed by atoms with Gasteiger partial charge in [0.05, 0.1) is 11.1 Å². The van der Waals surface area contributed by atoms with Gasteiger partial charge in [0.25, 0.3) is 0 Å². The van der Waals surface area contributed by atoms with Gasteiger partial charge in [0.2, 0.25) is 0 Å². The first kappa shape index (κ1) is 15.8. The van der Waals surface area contributed by atoms with Gasteiger partial charge < -0.3 is 10.8 Å². The molecule has 0 aliphatic carbocycles. The molecule has 0 heterocycles. The number of benzene rings is 1. The normalized spacial score (nSPS) is 14.5. The van der Waals surface area contributed by atoms with Crippen LogP contribution in [0.2, 0.25) is 0 Å². The van der Waals surface area contributed by atoms with Crippen LogP contribution in [0.4, 0.5) is 26.3 Å². The van der Waals surface area contributed by atoms with Crippen LogP contribution < -0.4 is 5.73 Å². The van der Waals surface area contributed by atoms with Gasteiger partial charge in [-0.25, -0.2) is 0 Å². The Morgan fingerprint density at radius 1 is 0.947 bits per heavy atom.